The monoisotopic (exact) mass is 203 g/mol. The Labute approximate surface area is 86.4 Å². The van der Waals surface area contributed by atoms with Crippen LogP contribution in [0.5, 0.6) is 5.75 Å². The molecule has 4 nitrogen and oxygen atoms in total. The minimum absolute atomic E-state index is 0.114. The minimum Gasteiger partial charge on any atom is -0.508 e. The summed E-state index contributed by atoms with van der Waals surface area (Å²) in [5.41, 5.74) is 1.19. The smallest absolute Gasteiger partial charge is 0.258 e. The van der Waals surface area contributed by atoms with E-state index in [-0.39, 0.29) is 17.6 Å². The van der Waals surface area contributed by atoms with E-state index in [2.05, 4.69) is 0 Å². The van der Waals surface area contributed by atoms with Crippen LogP contribution in [0.1, 0.15) is 5.56 Å². The molecule has 0 unspecified atom stereocenters. The van der Waals surface area contributed by atoms with Gasteiger partial charge < -0.3 is 5.11 Å². The van der Waals surface area contributed by atoms with Gasteiger partial charge in [-0.15, -0.1) is 0 Å². The number of hydrogen-bond donors (Lipinski definition) is 1. The van der Waals surface area contributed by atoms with Crippen molar-refractivity contribution in [1.82, 2.24) is 0 Å². The number of carbonyl (C=O) groups excluding carboxylic acids is 2. The number of aryl methyl sites for hydroxylation is 1. The average molecular weight is 203 g/mol. The maximum Gasteiger partial charge on any atom is 0.258 e. The first-order valence-electron chi connectivity index (χ1n) is 4.45. The van der Waals surface area contributed by atoms with Crippen LogP contribution in [0, 0.1) is 6.92 Å². The van der Waals surface area contributed by atoms with Crippen LogP contribution in [0.25, 0.3) is 0 Å². The van der Waals surface area contributed by atoms with E-state index in [0.29, 0.717) is 11.3 Å². The van der Waals surface area contributed by atoms with Crippen molar-refractivity contribution in [3.8, 4) is 5.75 Å². The Morgan fingerprint density at radius 2 is 1.73 bits per heavy atom. The van der Waals surface area contributed by atoms with Gasteiger partial charge in [-0.25, -0.2) is 4.90 Å². The molecule has 76 valence electrons. The van der Waals surface area contributed by atoms with Crippen LogP contribution in [0.15, 0.2) is 30.4 Å². The Bertz CT molecular complexity index is 459. The van der Waals surface area contributed by atoms with Crippen molar-refractivity contribution >= 4 is 17.5 Å². The van der Waals surface area contributed by atoms with E-state index in [0.717, 1.165) is 4.90 Å². The summed E-state index contributed by atoms with van der Waals surface area (Å²) in [6.07, 6.45) is 2.46. The highest BCUT2D eigenvalue weighted by molar-refractivity contribution is 6.28. The third-order valence-electron chi connectivity index (χ3n) is 2.23. The molecular weight excluding hydrogens is 194 g/mol. The molecule has 0 aliphatic carbocycles. The highest BCUT2D eigenvalue weighted by atomic mass is 16.3. The third-order valence-corrected chi connectivity index (χ3v) is 2.23. The number of benzene rings is 1. The lowest BCUT2D eigenvalue weighted by molar-refractivity contribution is -0.119. The molecule has 4 heteroatoms. The predicted molar refractivity (Wildman–Crippen MR) is 54.5 cm³/mol. The number of nitrogens with zero attached hydrogens (tertiary/aromatic N) is 1. The molecule has 0 bridgehead atoms. The van der Waals surface area contributed by atoms with E-state index in [1.807, 2.05) is 0 Å². The van der Waals surface area contributed by atoms with E-state index in [9.17, 15) is 14.7 Å². The van der Waals surface area contributed by atoms with E-state index in [4.69, 9.17) is 0 Å². The fraction of sp³-hybridized carbons (Fsp3) is 0.0909. The van der Waals surface area contributed by atoms with Crippen molar-refractivity contribution in [2.75, 3.05) is 4.90 Å². The zero-order valence-corrected chi connectivity index (χ0v) is 8.10. The van der Waals surface area contributed by atoms with Gasteiger partial charge in [0.15, 0.2) is 0 Å². The second-order valence-electron chi connectivity index (χ2n) is 3.32. The molecular formula is C11H9NO3. The molecule has 1 aromatic carbocycles. The van der Waals surface area contributed by atoms with Gasteiger partial charge in [0.05, 0.1) is 5.69 Å². The molecule has 0 spiro atoms. The lowest BCUT2D eigenvalue weighted by Crippen LogP contribution is -2.30. The van der Waals surface area contributed by atoms with Gasteiger partial charge in [-0.3, -0.25) is 9.59 Å². The quantitative estimate of drug-likeness (QED) is 0.696. The normalized spacial score (nSPS) is 15.1. The SMILES string of the molecule is Cc1cc(O)ccc1N1C(=O)C=CC1=O. The zero-order valence-electron chi connectivity index (χ0n) is 8.10. The number of rotatable bonds is 1. The van der Waals surface area contributed by atoms with Crippen molar-refractivity contribution < 1.29 is 14.7 Å². The number of carbonyl (C=O) groups is 2. The number of phenolic OH excluding ortho intramolecular Hbond substituents is 1. The third kappa shape index (κ3) is 1.50. The second kappa shape index (κ2) is 3.24. The maximum absolute atomic E-state index is 11.4. The molecule has 0 atom stereocenters. The Balaban J connectivity index is 2.46. The van der Waals surface area contributed by atoms with Crippen LogP contribution >= 0.6 is 0 Å². The summed E-state index contributed by atoms with van der Waals surface area (Å²) in [7, 11) is 0. The van der Waals surface area contributed by atoms with Gasteiger partial charge in [0.25, 0.3) is 11.8 Å². The van der Waals surface area contributed by atoms with Crippen molar-refractivity contribution in [2.24, 2.45) is 0 Å². The minimum atomic E-state index is -0.353. The first kappa shape index (κ1) is 9.45. The topological polar surface area (TPSA) is 57.6 Å². The van der Waals surface area contributed by atoms with Crippen molar-refractivity contribution in [2.45, 2.75) is 6.92 Å². The molecule has 0 saturated heterocycles. The van der Waals surface area contributed by atoms with Gasteiger partial charge in [0.2, 0.25) is 0 Å². The van der Waals surface area contributed by atoms with Crippen molar-refractivity contribution in [1.29, 1.82) is 0 Å². The van der Waals surface area contributed by atoms with Crippen LogP contribution in [-0.4, -0.2) is 16.9 Å². The Morgan fingerprint density at radius 3 is 2.27 bits per heavy atom. The molecule has 0 aromatic heterocycles. The Kier molecular flexibility index (Phi) is 2.04. The van der Waals surface area contributed by atoms with E-state index in [1.54, 1.807) is 13.0 Å². The van der Waals surface area contributed by atoms with E-state index >= 15 is 0 Å². The number of amides is 2. The van der Waals surface area contributed by atoms with E-state index < -0.39 is 0 Å². The number of anilines is 1. The van der Waals surface area contributed by atoms with Crippen molar-refractivity contribution in [3.05, 3.63) is 35.9 Å². The van der Waals surface area contributed by atoms with Crippen LogP contribution in [0.3, 0.4) is 0 Å². The van der Waals surface area contributed by atoms with Gasteiger partial charge in [-0.2, -0.15) is 0 Å². The highest BCUT2D eigenvalue weighted by Gasteiger charge is 2.26. The second-order valence-corrected chi connectivity index (χ2v) is 3.32. The van der Waals surface area contributed by atoms with Crippen molar-refractivity contribution in [3.63, 3.8) is 0 Å². The summed E-state index contributed by atoms with van der Waals surface area (Å²) in [6.45, 7) is 1.73. The molecule has 1 heterocycles. The summed E-state index contributed by atoms with van der Waals surface area (Å²) < 4.78 is 0. The molecule has 0 saturated carbocycles. The molecule has 2 rings (SSSR count). The van der Waals surface area contributed by atoms with Crippen LogP contribution in [0.4, 0.5) is 5.69 Å². The number of aromatic hydroxyl groups is 1. The average Bonchev–Trinajstić information content (AvgIpc) is 2.48. The van der Waals surface area contributed by atoms with Gasteiger partial charge in [-0.05, 0) is 30.7 Å². The van der Waals surface area contributed by atoms with Crippen LogP contribution in [-0.2, 0) is 9.59 Å². The standard InChI is InChI=1S/C11H9NO3/c1-7-6-8(13)2-3-9(7)12-10(14)4-5-11(12)15/h2-6,13H,1H3. The van der Waals surface area contributed by atoms with E-state index in [1.165, 1.54) is 24.3 Å². The number of hydrogen-bond acceptors (Lipinski definition) is 3. The number of imide groups is 1. The molecule has 2 amide bonds. The fourth-order valence-corrected chi connectivity index (χ4v) is 1.53. The molecule has 1 aliphatic heterocycles. The van der Waals surface area contributed by atoms with Gasteiger partial charge in [-0.1, -0.05) is 0 Å². The first-order valence-corrected chi connectivity index (χ1v) is 4.45. The summed E-state index contributed by atoms with van der Waals surface area (Å²) >= 11 is 0. The summed E-state index contributed by atoms with van der Waals surface area (Å²) in [5.74, 6) is -0.592. The van der Waals surface area contributed by atoms with Gasteiger partial charge >= 0.3 is 0 Å². The summed E-state index contributed by atoms with van der Waals surface area (Å²) in [4.78, 5) is 23.8. The molecule has 1 aliphatic rings. The lowest BCUT2D eigenvalue weighted by Gasteiger charge is -2.16. The zero-order chi connectivity index (χ0) is 11.0. The predicted octanol–water partition coefficient (Wildman–Crippen LogP) is 1.13. The highest BCUT2D eigenvalue weighted by Crippen LogP contribution is 2.26. The van der Waals surface area contributed by atoms with Crippen LogP contribution in [0.2, 0.25) is 0 Å². The lowest BCUT2D eigenvalue weighted by atomic mass is 10.1. The Hall–Kier alpha value is -2.10. The molecule has 1 N–H and O–H groups in total. The summed E-state index contributed by atoms with van der Waals surface area (Å²) in [6, 6.07) is 4.50. The molecule has 15 heavy (non-hydrogen) atoms. The first-order chi connectivity index (χ1) is 7.09. The molecule has 1 aromatic rings. The molecule has 0 radical (unpaired) electrons. The van der Waals surface area contributed by atoms with Crippen LogP contribution < -0.4 is 4.90 Å². The summed E-state index contributed by atoms with van der Waals surface area (Å²) in [5, 5.41) is 9.21. The fourth-order valence-electron chi connectivity index (χ4n) is 1.53. The largest absolute Gasteiger partial charge is 0.508 e. The number of phenols is 1. The molecule has 0 fully saturated rings. The Morgan fingerprint density at radius 1 is 1.13 bits per heavy atom. The van der Waals surface area contributed by atoms with Gasteiger partial charge in [0.1, 0.15) is 5.75 Å². The van der Waals surface area contributed by atoms with Gasteiger partial charge in [0, 0.05) is 12.2 Å². The maximum atomic E-state index is 11.4.